The summed E-state index contributed by atoms with van der Waals surface area (Å²) in [7, 11) is 0. The number of hydrogen-bond donors (Lipinski definition) is 3. The quantitative estimate of drug-likeness (QED) is 0.423. The summed E-state index contributed by atoms with van der Waals surface area (Å²) < 4.78 is 0. The lowest BCUT2D eigenvalue weighted by atomic mass is 10.3. The predicted octanol–water partition coefficient (Wildman–Crippen LogP) is 2.67. The number of carbonyl (C=O) groups is 1. The molecule has 0 aliphatic carbocycles. The van der Waals surface area contributed by atoms with Gasteiger partial charge in [-0.05, 0) is 24.3 Å². The number of carbonyl (C=O) groups excluding carboxylic acids is 1. The van der Waals surface area contributed by atoms with Crippen molar-refractivity contribution in [1.82, 2.24) is 0 Å². The lowest BCUT2D eigenvalue weighted by molar-refractivity contribution is -0.114. The molecule has 110 valence electrons. The molecule has 4 N–H and O–H groups in total. The number of hydrogen-bond acceptors (Lipinski definition) is 2. The van der Waals surface area contributed by atoms with E-state index in [2.05, 4.69) is 15.6 Å². The second-order valence-corrected chi connectivity index (χ2v) is 4.11. The number of rotatable bonds is 4. The zero-order chi connectivity index (χ0) is 14.2. The van der Waals surface area contributed by atoms with Crippen molar-refractivity contribution < 1.29 is 4.79 Å². The highest BCUT2D eigenvalue weighted by molar-refractivity contribution is 14.0. The Kier molecular flexibility index (Phi) is 7.24. The Hall–Kier alpha value is -2.09. The number of guanidine groups is 1. The molecule has 0 atom stereocenters. The van der Waals surface area contributed by atoms with Gasteiger partial charge in [-0.1, -0.05) is 36.4 Å². The third-order valence-electron chi connectivity index (χ3n) is 2.50. The van der Waals surface area contributed by atoms with E-state index in [-0.39, 0.29) is 42.4 Å². The largest absolute Gasteiger partial charge is 0.370 e. The van der Waals surface area contributed by atoms with Crippen molar-refractivity contribution in [2.75, 3.05) is 17.2 Å². The van der Waals surface area contributed by atoms with Gasteiger partial charge in [0.25, 0.3) is 0 Å². The molecule has 0 spiro atoms. The van der Waals surface area contributed by atoms with Gasteiger partial charge in [-0.25, -0.2) is 4.99 Å². The van der Waals surface area contributed by atoms with Crippen LogP contribution in [0.2, 0.25) is 0 Å². The van der Waals surface area contributed by atoms with Crippen molar-refractivity contribution in [2.45, 2.75) is 0 Å². The fourth-order valence-electron chi connectivity index (χ4n) is 1.59. The average molecular weight is 396 g/mol. The zero-order valence-corrected chi connectivity index (χ0v) is 13.7. The Labute approximate surface area is 140 Å². The summed E-state index contributed by atoms with van der Waals surface area (Å²) in [6, 6.07) is 18.6. The summed E-state index contributed by atoms with van der Waals surface area (Å²) in [6.07, 6.45) is 0. The molecule has 0 aromatic heterocycles. The Morgan fingerprint density at radius 2 is 1.38 bits per heavy atom. The molecule has 0 aliphatic heterocycles. The minimum Gasteiger partial charge on any atom is -0.370 e. The van der Waals surface area contributed by atoms with Crippen LogP contribution in [0.3, 0.4) is 0 Å². The van der Waals surface area contributed by atoms with E-state index in [1.54, 1.807) is 0 Å². The van der Waals surface area contributed by atoms with Crippen LogP contribution in [0, 0.1) is 0 Å². The Morgan fingerprint density at radius 3 is 1.90 bits per heavy atom. The number of aliphatic imine (C=N–C) groups is 1. The van der Waals surface area contributed by atoms with Gasteiger partial charge in [-0.2, -0.15) is 0 Å². The van der Waals surface area contributed by atoms with Gasteiger partial charge in [-0.3, -0.25) is 4.79 Å². The van der Waals surface area contributed by atoms with E-state index in [4.69, 9.17) is 5.73 Å². The average Bonchev–Trinajstić information content (AvgIpc) is 2.47. The van der Waals surface area contributed by atoms with E-state index in [1.165, 1.54) is 0 Å². The Balaban J connectivity index is 0.00000220. The molecule has 21 heavy (non-hydrogen) atoms. The topological polar surface area (TPSA) is 79.5 Å². The molecule has 5 nitrogen and oxygen atoms in total. The molecule has 6 heteroatoms. The first-order chi connectivity index (χ1) is 9.74. The monoisotopic (exact) mass is 396 g/mol. The van der Waals surface area contributed by atoms with Crippen LogP contribution >= 0.6 is 24.0 Å². The van der Waals surface area contributed by atoms with Gasteiger partial charge in [0.1, 0.15) is 6.54 Å². The van der Waals surface area contributed by atoms with Crippen molar-refractivity contribution in [2.24, 2.45) is 10.7 Å². The molecule has 0 radical (unpaired) electrons. The van der Waals surface area contributed by atoms with Crippen LogP contribution in [0.1, 0.15) is 0 Å². The molecule has 0 bridgehead atoms. The SMILES string of the molecule is I.NC(=NCC(=O)Nc1ccccc1)Nc1ccccc1. The standard InChI is InChI=1S/C15H16N4O.HI/c16-15(19-13-9-5-2-6-10-13)17-11-14(20)18-12-7-3-1-4-8-12;/h1-10H,11H2,(H,18,20)(H3,16,17,19);1H. The number of nitrogens with one attached hydrogen (secondary N) is 2. The number of amides is 1. The lowest BCUT2D eigenvalue weighted by Crippen LogP contribution is -2.25. The van der Waals surface area contributed by atoms with E-state index in [1.807, 2.05) is 60.7 Å². The molecule has 0 fully saturated rings. The van der Waals surface area contributed by atoms with Gasteiger partial charge in [0.15, 0.2) is 5.96 Å². The predicted molar refractivity (Wildman–Crippen MR) is 97.0 cm³/mol. The van der Waals surface area contributed by atoms with Gasteiger partial charge in [-0.15, -0.1) is 24.0 Å². The van der Waals surface area contributed by atoms with Crippen molar-refractivity contribution >= 4 is 47.2 Å². The van der Waals surface area contributed by atoms with Gasteiger partial charge < -0.3 is 16.4 Å². The molecule has 0 unspecified atom stereocenters. The molecular formula is C15H17IN4O. The van der Waals surface area contributed by atoms with E-state index < -0.39 is 0 Å². The maximum absolute atomic E-state index is 11.7. The normalized spacial score (nSPS) is 10.4. The van der Waals surface area contributed by atoms with Gasteiger partial charge in [0.05, 0.1) is 0 Å². The van der Waals surface area contributed by atoms with Crippen molar-refractivity contribution in [1.29, 1.82) is 0 Å². The Bertz CT molecular complexity index is 587. The van der Waals surface area contributed by atoms with Crippen LogP contribution in [-0.4, -0.2) is 18.4 Å². The first-order valence-corrected chi connectivity index (χ1v) is 6.21. The van der Waals surface area contributed by atoms with Gasteiger partial charge in [0.2, 0.25) is 5.91 Å². The summed E-state index contributed by atoms with van der Waals surface area (Å²) >= 11 is 0. The van der Waals surface area contributed by atoms with Crippen molar-refractivity contribution in [3.05, 3.63) is 60.7 Å². The summed E-state index contributed by atoms with van der Waals surface area (Å²) in [6.45, 7) is -0.0272. The number of nitrogens with zero attached hydrogens (tertiary/aromatic N) is 1. The molecule has 0 aliphatic rings. The molecule has 1 amide bonds. The lowest BCUT2D eigenvalue weighted by Gasteiger charge is -2.06. The van der Waals surface area contributed by atoms with Crippen LogP contribution in [0.4, 0.5) is 11.4 Å². The third-order valence-corrected chi connectivity index (χ3v) is 2.50. The summed E-state index contributed by atoms with van der Waals surface area (Å²) in [5, 5.41) is 5.64. The van der Waals surface area contributed by atoms with Crippen molar-refractivity contribution in [3.63, 3.8) is 0 Å². The number of anilines is 2. The fourth-order valence-corrected chi connectivity index (χ4v) is 1.59. The third kappa shape index (κ3) is 6.26. The number of nitrogens with two attached hydrogens (primary N) is 1. The molecule has 2 rings (SSSR count). The second kappa shape index (κ2) is 8.96. The van der Waals surface area contributed by atoms with Crippen LogP contribution in [0.5, 0.6) is 0 Å². The molecular weight excluding hydrogens is 379 g/mol. The minimum absolute atomic E-state index is 0. The number of halogens is 1. The maximum atomic E-state index is 11.7. The molecule has 2 aromatic carbocycles. The van der Waals surface area contributed by atoms with E-state index in [9.17, 15) is 4.79 Å². The summed E-state index contributed by atoms with van der Waals surface area (Å²) in [5.41, 5.74) is 7.28. The maximum Gasteiger partial charge on any atom is 0.246 e. The zero-order valence-electron chi connectivity index (χ0n) is 11.3. The number of para-hydroxylation sites is 2. The second-order valence-electron chi connectivity index (χ2n) is 4.11. The molecule has 0 saturated heterocycles. The molecule has 2 aromatic rings. The minimum atomic E-state index is -0.214. The van der Waals surface area contributed by atoms with Crippen LogP contribution < -0.4 is 16.4 Å². The van der Waals surface area contributed by atoms with Crippen molar-refractivity contribution in [3.8, 4) is 0 Å². The first-order valence-electron chi connectivity index (χ1n) is 6.21. The highest BCUT2D eigenvalue weighted by atomic mass is 127. The summed E-state index contributed by atoms with van der Waals surface area (Å²) in [5.74, 6) is -0.00609. The van der Waals surface area contributed by atoms with E-state index >= 15 is 0 Å². The van der Waals surface area contributed by atoms with Gasteiger partial charge in [0, 0.05) is 11.4 Å². The van der Waals surface area contributed by atoms with Crippen LogP contribution in [0.25, 0.3) is 0 Å². The highest BCUT2D eigenvalue weighted by Gasteiger charge is 2.01. The van der Waals surface area contributed by atoms with Crippen LogP contribution in [-0.2, 0) is 4.79 Å². The van der Waals surface area contributed by atoms with Gasteiger partial charge >= 0.3 is 0 Å². The molecule has 0 saturated carbocycles. The molecule has 0 heterocycles. The fraction of sp³-hybridized carbons (Fsp3) is 0.0667. The smallest absolute Gasteiger partial charge is 0.246 e. The first kappa shape index (κ1) is 17.0. The number of benzene rings is 2. The van der Waals surface area contributed by atoms with Crippen LogP contribution in [0.15, 0.2) is 65.7 Å². The van der Waals surface area contributed by atoms with E-state index in [0.717, 1.165) is 11.4 Å². The Morgan fingerprint density at radius 1 is 0.905 bits per heavy atom. The highest BCUT2D eigenvalue weighted by Crippen LogP contribution is 2.05. The summed E-state index contributed by atoms with van der Waals surface area (Å²) in [4.78, 5) is 15.7. The van der Waals surface area contributed by atoms with E-state index in [0.29, 0.717) is 0 Å².